The molecule has 0 amide bonds. The second-order valence-corrected chi connectivity index (χ2v) is 3.57. The maximum absolute atomic E-state index is 5.50. The Morgan fingerprint density at radius 2 is 2.08 bits per heavy atom. The molecule has 0 saturated heterocycles. The zero-order valence-corrected chi connectivity index (χ0v) is 9.25. The molecule has 0 aliphatic carbocycles. The summed E-state index contributed by atoms with van der Waals surface area (Å²) in [5.41, 5.74) is 5.50. The van der Waals surface area contributed by atoms with Gasteiger partial charge in [-0.15, -0.1) is 0 Å². The summed E-state index contributed by atoms with van der Waals surface area (Å²) in [6.07, 6.45) is 1.20. The molecule has 0 aromatic carbocycles. The Morgan fingerprint density at radius 3 is 2.54 bits per heavy atom. The summed E-state index contributed by atoms with van der Waals surface area (Å²) < 4.78 is 5.09. The lowest BCUT2D eigenvalue weighted by atomic mass is 10.1. The third-order valence-electron chi connectivity index (χ3n) is 2.28. The normalized spacial score (nSPS) is 13.6. The first-order chi connectivity index (χ1) is 6.24. The first-order valence-corrected chi connectivity index (χ1v) is 5.15. The van der Waals surface area contributed by atoms with Crippen LogP contribution in [0.3, 0.4) is 0 Å². The summed E-state index contributed by atoms with van der Waals surface area (Å²) >= 11 is 0. The number of methoxy groups -OCH3 is 1. The summed E-state index contributed by atoms with van der Waals surface area (Å²) in [7, 11) is 1.76. The largest absolute Gasteiger partial charge is 0.384 e. The molecular formula is C10H24N2O. The molecule has 0 radical (unpaired) electrons. The van der Waals surface area contributed by atoms with Crippen molar-refractivity contribution in [3.05, 3.63) is 0 Å². The number of hydrogen-bond donors (Lipinski definition) is 1. The van der Waals surface area contributed by atoms with Gasteiger partial charge in [0.05, 0.1) is 0 Å². The Balaban J connectivity index is 3.46. The third kappa shape index (κ3) is 6.99. The summed E-state index contributed by atoms with van der Waals surface area (Å²) in [5, 5.41) is 0. The number of hydrogen-bond acceptors (Lipinski definition) is 3. The van der Waals surface area contributed by atoms with Gasteiger partial charge >= 0.3 is 0 Å². The van der Waals surface area contributed by atoms with E-state index >= 15 is 0 Å². The maximum atomic E-state index is 5.50. The highest BCUT2D eigenvalue weighted by Crippen LogP contribution is 2.03. The minimum Gasteiger partial charge on any atom is -0.384 e. The molecule has 0 spiro atoms. The van der Waals surface area contributed by atoms with Gasteiger partial charge in [0.1, 0.15) is 0 Å². The van der Waals surface area contributed by atoms with E-state index in [1.165, 1.54) is 6.42 Å². The van der Waals surface area contributed by atoms with E-state index in [-0.39, 0.29) is 0 Å². The average molecular weight is 188 g/mol. The van der Waals surface area contributed by atoms with E-state index < -0.39 is 0 Å². The SMILES string of the molecule is CCN(CCN)CCC(C)COC. The Kier molecular flexibility index (Phi) is 8.40. The maximum Gasteiger partial charge on any atom is 0.0488 e. The monoisotopic (exact) mass is 188 g/mol. The van der Waals surface area contributed by atoms with E-state index in [1.807, 2.05) is 0 Å². The van der Waals surface area contributed by atoms with E-state index in [1.54, 1.807) is 7.11 Å². The lowest BCUT2D eigenvalue weighted by Gasteiger charge is -2.21. The molecule has 13 heavy (non-hydrogen) atoms. The fraction of sp³-hybridized carbons (Fsp3) is 1.00. The van der Waals surface area contributed by atoms with Crippen molar-refractivity contribution in [1.82, 2.24) is 4.90 Å². The smallest absolute Gasteiger partial charge is 0.0488 e. The number of likely N-dealkylation sites (N-methyl/N-ethyl adjacent to an activating group) is 1. The molecule has 80 valence electrons. The van der Waals surface area contributed by atoms with E-state index in [0.29, 0.717) is 5.92 Å². The van der Waals surface area contributed by atoms with Gasteiger partial charge in [0, 0.05) is 26.8 Å². The molecule has 0 aromatic rings. The van der Waals surface area contributed by atoms with Gasteiger partial charge in [0.15, 0.2) is 0 Å². The standard InChI is InChI=1S/C10H24N2O/c1-4-12(8-6-11)7-5-10(2)9-13-3/h10H,4-9,11H2,1-3H3. The van der Waals surface area contributed by atoms with Crippen LogP contribution in [0.15, 0.2) is 0 Å². The van der Waals surface area contributed by atoms with Crippen LogP contribution in [0, 0.1) is 5.92 Å². The lowest BCUT2D eigenvalue weighted by Crippen LogP contribution is -2.31. The molecule has 1 unspecified atom stereocenters. The van der Waals surface area contributed by atoms with Crippen LogP contribution in [0.1, 0.15) is 20.3 Å². The number of rotatable bonds is 8. The van der Waals surface area contributed by atoms with Crippen molar-refractivity contribution in [3.63, 3.8) is 0 Å². The molecule has 0 saturated carbocycles. The minimum absolute atomic E-state index is 0.650. The number of ether oxygens (including phenoxy) is 1. The molecule has 0 bridgehead atoms. The number of nitrogens with two attached hydrogens (primary N) is 1. The molecule has 1 atom stereocenters. The van der Waals surface area contributed by atoms with Crippen LogP contribution in [-0.2, 0) is 4.74 Å². The van der Waals surface area contributed by atoms with Crippen molar-refractivity contribution in [2.45, 2.75) is 20.3 Å². The van der Waals surface area contributed by atoms with E-state index in [2.05, 4.69) is 18.7 Å². The van der Waals surface area contributed by atoms with Crippen LogP contribution in [0.4, 0.5) is 0 Å². The molecule has 0 aliphatic rings. The van der Waals surface area contributed by atoms with Crippen molar-refractivity contribution in [1.29, 1.82) is 0 Å². The van der Waals surface area contributed by atoms with Gasteiger partial charge in [-0.25, -0.2) is 0 Å². The van der Waals surface area contributed by atoms with Crippen LogP contribution in [0.2, 0.25) is 0 Å². The predicted octanol–water partition coefficient (Wildman–Crippen LogP) is 0.940. The first kappa shape index (κ1) is 12.9. The molecule has 0 rings (SSSR count). The topological polar surface area (TPSA) is 38.5 Å². The molecule has 0 aliphatic heterocycles. The zero-order valence-electron chi connectivity index (χ0n) is 9.25. The molecule has 3 nitrogen and oxygen atoms in total. The van der Waals surface area contributed by atoms with Crippen molar-refractivity contribution in [2.75, 3.05) is 39.9 Å². The van der Waals surface area contributed by atoms with Gasteiger partial charge in [-0.3, -0.25) is 0 Å². The van der Waals surface area contributed by atoms with Crippen molar-refractivity contribution < 1.29 is 4.74 Å². The molecule has 2 N–H and O–H groups in total. The zero-order chi connectivity index (χ0) is 10.1. The highest BCUT2D eigenvalue weighted by atomic mass is 16.5. The molecular weight excluding hydrogens is 164 g/mol. The van der Waals surface area contributed by atoms with Gasteiger partial charge in [0.25, 0.3) is 0 Å². The Hall–Kier alpha value is -0.120. The fourth-order valence-corrected chi connectivity index (χ4v) is 1.38. The van der Waals surface area contributed by atoms with Crippen LogP contribution < -0.4 is 5.73 Å². The second-order valence-electron chi connectivity index (χ2n) is 3.57. The molecule has 0 aromatic heterocycles. The fourth-order valence-electron chi connectivity index (χ4n) is 1.38. The molecule has 0 fully saturated rings. The van der Waals surface area contributed by atoms with Gasteiger partial charge < -0.3 is 15.4 Å². The van der Waals surface area contributed by atoms with Crippen LogP contribution in [0.25, 0.3) is 0 Å². The van der Waals surface area contributed by atoms with Gasteiger partial charge in [0.2, 0.25) is 0 Å². The van der Waals surface area contributed by atoms with E-state index in [0.717, 1.165) is 32.8 Å². The summed E-state index contributed by atoms with van der Waals surface area (Å²) in [4.78, 5) is 2.38. The van der Waals surface area contributed by atoms with Crippen molar-refractivity contribution in [3.8, 4) is 0 Å². The highest BCUT2D eigenvalue weighted by molar-refractivity contribution is 4.59. The minimum atomic E-state index is 0.650. The van der Waals surface area contributed by atoms with E-state index in [4.69, 9.17) is 10.5 Å². The van der Waals surface area contributed by atoms with Gasteiger partial charge in [-0.1, -0.05) is 13.8 Å². The van der Waals surface area contributed by atoms with Crippen LogP contribution in [0.5, 0.6) is 0 Å². The summed E-state index contributed by atoms with van der Waals surface area (Å²) in [6, 6.07) is 0. The molecule has 3 heteroatoms. The second kappa shape index (κ2) is 8.48. The van der Waals surface area contributed by atoms with Crippen molar-refractivity contribution >= 4 is 0 Å². The van der Waals surface area contributed by atoms with Gasteiger partial charge in [-0.05, 0) is 25.4 Å². The van der Waals surface area contributed by atoms with Crippen LogP contribution >= 0.6 is 0 Å². The lowest BCUT2D eigenvalue weighted by molar-refractivity contribution is 0.146. The molecule has 0 heterocycles. The Labute approximate surface area is 82.2 Å². The summed E-state index contributed by atoms with van der Waals surface area (Å²) in [6.45, 7) is 9.26. The number of nitrogens with zero attached hydrogens (tertiary/aromatic N) is 1. The highest BCUT2D eigenvalue weighted by Gasteiger charge is 2.05. The Bertz CT molecular complexity index is 109. The van der Waals surface area contributed by atoms with Crippen LogP contribution in [-0.4, -0.2) is 44.8 Å². The van der Waals surface area contributed by atoms with E-state index in [9.17, 15) is 0 Å². The summed E-state index contributed by atoms with van der Waals surface area (Å²) in [5.74, 6) is 0.650. The average Bonchev–Trinajstić information content (AvgIpc) is 2.12. The third-order valence-corrected chi connectivity index (χ3v) is 2.28. The first-order valence-electron chi connectivity index (χ1n) is 5.15. The quantitative estimate of drug-likeness (QED) is 0.616. The van der Waals surface area contributed by atoms with Crippen molar-refractivity contribution in [2.24, 2.45) is 11.7 Å². The Morgan fingerprint density at radius 1 is 1.38 bits per heavy atom. The van der Waals surface area contributed by atoms with Gasteiger partial charge in [-0.2, -0.15) is 0 Å². The predicted molar refractivity (Wildman–Crippen MR) is 56.8 cm³/mol.